The molecular formula is C24H22N2O5S. The van der Waals surface area contributed by atoms with Crippen molar-refractivity contribution in [3.05, 3.63) is 75.3 Å². The number of Topliss-reactive ketones (excluding diaryl/α,β-unsaturated/α-hetero) is 1. The minimum absolute atomic E-state index is 0.0443. The number of benzene rings is 2. The maximum atomic E-state index is 13.2. The van der Waals surface area contributed by atoms with E-state index >= 15 is 0 Å². The van der Waals surface area contributed by atoms with Crippen LogP contribution in [0.3, 0.4) is 0 Å². The minimum atomic E-state index is -0.934. The van der Waals surface area contributed by atoms with Gasteiger partial charge in [-0.1, -0.05) is 35.9 Å². The lowest BCUT2D eigenvalue weighted by molar-refractivity contribution is -0.132. The number of aliphatic hydroxyl groups is 1. The van der Waals surface area contributed by atoms with Crippen LogP contribution in [0, 0.1) is 20.8 Å². The Labute approximate surface area is 189 Å². The van der Waals surface area contributed by atoms with Gasteiger partial charge in [0.05, 0.1) is 24.4 Å². The number of carbonyl (C=O) groups is 2. The average molecular weight is 451 g/mol. The molecule has 2 aromatic carbocycles. The topological polar surface area (TPSA) is 100.0 Å². The second-order valence-electron chi connectivity index (χ2n) is 7.60. The molecule has 32 heavy (non-hydrogen) atoms. The number of nitrogens with zero attached hydrogens (tertiary/aromatic N) is 2. The molecule has 0 bridgehead atoms. The summed E-state index contributed by atoms with van der Waals surface area (Å²) in [7, 11) is 1.41. The fourth-order valence-electron chi connectivity index (χ4n) is 3.64. The molecule has 1 atom stereocenters. The highest BCUT2D eigenvalue weighted by atomic mass is 32.1. The summed E-state index contributed by atoms with van der Waals surface area (Å²) in [4.78, 5) is 33.0. The van der Waals surface area contributed by atoms with Crippen LogP contribution in [-0.4, -0.2) is 34.0 Å². The number of aryl methyl sites for hydroxylation is 3. The highest BCUT2D eigenvalue weighted by Gasteiger charge is 2.48. The molecule has 3 aromatic rings. The van der Waals surface area contributed by atoms with Crippen LogP contribution in [0.4, 0.5) is 5.13 Å². The molecule has 0 saturated carbocycles. The predicted octanol–water partition coefficient (Wildman–Crippen LogP) is 4.41. The van der Waals surface area contributed by atoms with Crippen molar-refractivity contribution in [3.8, 4) is 11.5 Å². The SMILES string of the molecule is COc1cc(C2/C(=C(\O)c3ccc(C)cc3)C(=O)C(=O)N2c2nc(C)c(C)s2)ccc1O. The molecule has 4 rings (SSSR count). The number of anilines is 1. The predicted molar refractivity (Wildman–Crippen MR) is 122 cm³/mol. The molecule has 2 heterocycles. The molecule has 0 radical (unpaired) electrons. The standard InChI is InChI=1S/C24H22N2O5S/c1-12-5-7-15(8-6-12)21(28)19-20(16-9-10-17(27)18(11-16)31-4)26(23(30)22(19)29)24-25-13(2)14(3)32-24/h5-11,20,27-28H,1-4H3/b21-19+. The first-order chi connectivity index (χ1) is 15.2. The molecule has 1 unspecified atom stereocenters. The van der Waals surface area contributed by atoms with Gasteiger partial charge >= 0.3 is 5.91 Å². The molecule has 1 amide bonds. The normalized spacial score (nSPS) is 17.8. The first-order valence-electron chi connectivity index (χ1n) is 9.92. The van der Waals surface area contributed by atoms with E-state index in [0.29, 0.717) is 16.3 Å². The Morgan fingerprint density at radius 1 is 1.09 bits per heavy atom. The van der Waals surface area contributed by atoms with E-state index in [4.69, 9.17) is 4.74 Å². The number of aromatic nitrogens is 1. The van der Waals surface area contributed by atoms with Crippen LogP contribution in [0.25, 0.3) is 5.76 Å². The summed E-state index contributed by atoms with van der Waals surface area (Å²) in [5.41, 5.74) is 2.63. The maximum Gasteiger partial charge on any atom is 0.301 e. The van der Waals surface area contributed by atoms with Gasteiger partial charge in [-0.3, -0.25) is 14.5 Å². The van der Waals surface area contributed by atoms with E-state index in [1.807, 2.05) is 32.9 Å². The van der Waals surface area contributed by atoms with E-state index in [1.165, 1.54) is 29.4 Å². The summed E-state index contributed by atoms with van der Waals surface area (Å²) in [6.07, 6.45) is 0. The van der Waals surface area contributed by atoms with Gasteiger partial charge in [-0.15, -0.1) is 11.3 Å². The second-order valence-corrected chi connectivity index (χ2v) is 8.79. The Morgan fingerprint density at radius 3 is 2.38 bits per heavy atom. The molecule has 0 spiro atoms. The molecular weight excluding hydrogens is 428 g/mol. The maximum absolute atomic E-state index is 13.2. The number of thiazole rings is 1. The average Bonchev–Trinajstić information content (AvgIpc) is 3.24. The van der Waals surface area contributed by atoms with Gasteiger partial charge in [-0.2, -0.15) is 0 Å². The molecule has 1 aliphatic heterocycles. The summed E-state index contributed by atoms with van der Waals surface area (Å²) < 4.78 is 5.23. The molecule has 2 N–H and O–H groups in total. The van der Waals surface area contributed by atoms with Crippen molar-refractivity contribution in [2.75, 3.05) is 12.0 Å². The lowest BCUT2D eigenvalue weighted by atomic mass is 9.95. The van der Waals surface area contributed by atoms with Crippen molar-refractivity contribution in [1.82, 2.24) is 4.98 Å². The number of hydrogen-bond acceptors (Lipinski definition) is 7. The van der Waals surface area contributed by atoms with Gasteiger partial charge in [0.25, 0.3) is 5.78 Å². The van der Waals surface area contributed by atoms with Crippen LogP contribution < -0.4 is 9.64 Å². The number of phenols is 1. The molecule has 0 aliphatic carbocycles. The van der Waals surface area contributed by atoms with Crippen LogP contribution in [0.5, 0.6) is 11.5 Å². The number of amides is 1. The van der Waals surface area contributed by atoms with E-state index < -0.39 is 17.7 Å². The third-order valence-corrected chi connectivity index (χ3v) is 6.58. The van der Waals surface area contributed by atoms with Gasteiger partial charge in [-0.05, 0) is 38.5 Å². The third kappa shape index (κ3) is 3.52. The number of carbonyl (C=O) groups excluding carboxylic acids is 2. The van der Waals surface area contributed by atoms with E-state index in [1.54, 1.807) is 24.3 Å². The summed E-state index contributed by atoms with van der Waals surface area (Å²) in [5.74, 6) is -1.73. The number of hydrogen-bond donors (Lipinski definition) is 2. The molecule has 1 aliphatic rings. The largest absolute Gasteiger partial charge is 0.507 e. The van der Waals surface area contributed by atoms with Crippen LogP contribution in [0.2, 0.25) is 0 Å². The number of ether oxygens (including phenoxy) is 1. The molecule has 7 nitrogen and oxygen atoms in total. The monoisotopic (exact) mass is 450 g/mol. The molecule has 1 aromatic heterocycles. The fourth-order valence-corrected chi connectivity index (χ4v) is 4.57. The number of aliphatic hydroxyl groups excluding tert-OH is 1. The van der Waals surface area contributed by atoms with Crippen molar-refractivity contribution in [3.63, 3.8) is 0 Å². The number of methoxy groups -OCH3 is 1. The Balaban J connectivity index is 1.97. The zero-order valence-corrected chi connectivity index (χ0v) is 18.9. The number of aromatic hydroxyl groups is 1. The zero-order chi connectivity index (χ0) is 23.2. The van der Waals surface area contributed by atoms with Gasteiger partial charge < -0.3 is 14.9 Å². The van der Waals surface area contributed by atoms with Gasteiger partial charge in [0.2, 0.25) is 0 Å². The van der Waals surface area contributed by atoms with E-state index in [0.717, 1.165) is 16.1 Å². The fraction of sp³-hybridized carbons (Fsp3) is 0.208. The van der Waals surface area contributed by atoms with Crippen molar-refractivity contribution in [2.24, 2.45) is 0 Å². The molecule has 164 valence electrons. The second kappa shape index (κ2) is 8.12. The van der Waals surface area contributed by atoms with Crippen molar-refractivity contribution >= 4 is 33.9 Å². The first kappa shape index (κ1) is 21.6. The Kier molecular flexibility index (Phi) is 5.48. The minimum Gasteiger partial charge on any atom is -0.507 e. The number of rotatable bonds is 4. The summed E-state index contributed by atoms with van der Waals surface area (Å²) in [5, 5.41) is 21.5. The quantitative estimate of drug-likeness (QED) is 0.347. The van der Waals surface area contributed by atoms with Gasteiger partial charge in [0.1, 0.15) is 5.76 Å². The summed E-state index contributed by atoms with van der Waals surface area (Å²) in [6, 6.07) is 10.7. The van der Waals surface area contributed by atoms with Crippen LogP contribution in [0.1, 0.15) is 33.3 Å². The van der Waals surface area contributed by atoms with E-state index in [-0.39, 0.29) is 22.8 Å². The first-order valence-corrected chi connectivity index (χ1v) is 10.7. The van der Waals surface area contributed by atoms with Gasteiger partial charge in [-0.25, -0.2) is 4.98 Å². The Hall–Kier alpha value is -3.65. The van der Waals surface area contributed by atoms with Crippen molar-refractivity contribution in [1.29, 1.82) is 0 Å². The highest BCUT2D eigenvalue weighted by Crippen LogP contribution is 2.45. The molecule has 1 fully saturated rings. The number of phenolic OH excluding ortho intramolecular Hbond substituents is 1. The Bertz CT molecular complexity index is 1240. The number of ketones is 1. The van der Waals surface area contributed by atoms with E-state index in [2.05, 4.69) is 4.98 Å². The lowest BCUT2D eigenvalue weighted by Crippen LogP contribution is -2.29. The Morgan fingerprint density at radius 2 is 1.78 bits per heavy atom. The highest BCUT2D eigenvalue weighted by molar-refractivity contribution is 7.16. The van der Waals surface area contributed by atoms with Crippen LogP contribution in [0.15, 0.2) is 48.0 Å². The molecule has 8 heteroatoms. The third-order valence-electron chi connectivity index (χ3n) is 5.51. The molecule has 1 saturated heterocycles. The van der Waals surface area contributed by atoms with Crippen LogP contribution in [-0.2, 0) is 9.59 Å². The van der Waals surface area contributed by atoms with Gasteiger partial charge in [0, 0.05) is 10.4 Å². The summed E-state index contributed by atoms with van der Waals surface area (Å²) in [6.45, 7) is 5.63. The zero-order valence-electron chi connectivity index (χ0n) is 18.0. The smallest absolute Gasteiger partial charge is 0.301 e. The summed E-state index contributed by atoms with van der Waals surface area (Å²) >= 11 is 1.30. The van der Waals surface area contributed by atoms with Crippen molar-refractivity contribution < 1.29 is 24.5 Å². The van der Waals surface area contributed by atoms with Crippen molar-refractivity contribution in [2.45, 2.75) is 26.8 Å². The van der Waals surface area contributed by atoms with Gasteiger partial charge in [0.15, 0.2) is 16.6 Å². The van der Waals surface area contributed by atoms with Crippen LogP contribution >= 0.6 is 11.3 Å². The lowest BCUT2D eigenvalue weighted by Gasteiger charge is -2.23. The van der Waals surface area contributed by atoms with E-state index in [9.17, 15) is 19.8 Å².